The summed E-state index contributed by atoms with van der Waals surface area (Å²) < 4.78 is 0. The number of nitrogens with one attached hydrogen (secondary N) is 7. The Balaban J connectivity index is 0.00000937. The van der Waals surface area contributed by atoms with Crippen LogP contribution in [0, 0.1) is 33.3 Å². The second-order valence-corrected chi connectivity index (χ2v) is 21.4. The van der Waals surface area contributed by atoms with Gasteiger partial charge in [-0.3, -0.25) is 48.5 Å². The van der Waals surface area contributed by atoms with Crippen LogP contribution in [-0.2, 0) is 35.2 Å². The Kier molecular flexibility index (Phi) is 25.3. The predicted octanol–water partition coefficient (Wildman–Crippen LogP) is 5.31. The lowest BCUT2D eigenvalue weighted by Crippen LogP contribution is -2.59. The van der Waals surface area contributed by atoms with Gasteiger partial charge in [0.25, 0.3) is 5.69 Å². The first kappa shape index (κ1) is 64.6. The lowest BCUT2D eigenvalue weighted by Gasteiger charge is -2.36. The highest BCUT2D eigenvalue weighted by atomic mass is 35.5. The molecule has 2 aromatic carbocycles. The highest BCUT2D eigenvalue weighted by Gasteiger charge is 2.46. The number of ketones is 2. The molecule has 1 saturated heterocycles. The molecule has 21 heteroatoms. The van der Waals surface area contributed by atoms with E-state index in [1.807, 2.05) is 65.8 Å². The number of likely N-dealkylation sites (tertiary alicyclic amines) is 1. The van der Waals surface area contributed by atoms with Gasteiger partial charge < -0.3 is 42.1 Å². The van der Waals surface area contributed by atoms with E-state index in [0.717, 1.165) is 36.1 Å². The number of nitro benzene ring substituents is 1. The van der Waals surface area contributed by atoms with Gasteiger partial charge in [-0.05, 0) is 114 Å². The number of rotatable bonds is 24. The van der Waals surface area contributed by atoms with Crippen molar-refractivity contribution >= 4 is 77.5 Å². The summed E-state index contributed by atoms with van der Waals surface area (Å²) in [6, 6.07) is 5.52. The van der Waals surface area contributed by atoms with Gasteiger partial charge in [-0.1, -0.05) is 72.7 Å². The first-order valence-corrected chi connectivity index (χ1v) is 25.4. The van der Waals surface area contributed by atoms with E-state index in [0.29, 0.717) is 6.42 Å². The van der Waals surface area contributed by atoms with E-state index >= 15 is 0 Å². The molecule has 0 unspecified atom stereocenters. The molecule has 9 atom stereocenters. The number of Topliss-reactive ketones (excluding diaryl/α,β-unsaturated/α-hetero) is 2. The number of carbonyl (C=O) groups excluding carboxylic acids is 8. The Bertz CT molecular complexity index is 2330. The highest BCUT2D eigenvalue weighted by Crippen LogP contribution is 2.34. The van der Waals surface area contributed by atoms with Crippen LogP contribution in [0.4, 0.5) is 5.69 Å². The van der Waals surface area contributed by atoms with Crippen LogP contribution in [0.25, 0.3) is 0 Å². The minimum atomic E-state index is -1.09. The van der Waals surface area contributed by atoms with Gasteiger partial charge in [0.15, 0.2) is 11.6 Å². The Morgan fingerprint density at radius 2 is 1.35 bits per heavy atom. The summed E-state index contributed by atoms with van der Waals surface area (Å²) in [5.74, 6) is -4.67. The number of hydrogen-bond donors (Lipinski definition) is 7. The molecular formula is C53H81Cl2N9O10. The molecule has 0 radical (unpaired) electrons. The summed E-state index contributed by atoms with van der Waals surface area (Å²) in [6.07, 6.45) is 2.19. The third kappa shape index (κ3) is 17.6. The van der Waals surface area contributed by atoms with Gasteiger partial charge in [0.2, 0.25) is 35.4 Å². The second-order valence-electron chi connectivity index (χ2n) is 21.4. The lowest BCUT2D eigenvalue weighted by atomic mass is 9.85. The van der Waals surface area contributed by atoms with Gasteiger partial charge in [-0.2, -0.15) is 0 Å². The smallest absolute Gasteiger partial charge is 0.270 e. The maximum Gasteiger partial charge on any atom is 0.270 e. The van der Waals surface area contributed by atoms with Crippen LogP contribution in [0.2, 0.25) is 0 Å². The van der Waals surface area contributed by atoms with E-state index in [-0.39, 0.29) is 98.5 Å². The number of nitrogens with zero attached hydrogens (tertiary/aromatic N) is 2. The van der Waals surface area contributed by atoms with Gasteiger partial charge >= 0.3 is 0 Å². The van der Waals surface area contributed by atoms with Crippen molar-refractivity contribution in [3.05, 3.63) is 74.8 Å². The first-order valence-electron chi connectivity index (χ1n) is 25.4. The molecule has 0 spiro atoms. The summed E-state index contributed by atoms with van der Waals surface area (Å²) in [7, 11) is 3.24. The number of non-ortho nitro benzene ring substituents is 1. The monoisotopic (exact) mass is 1070 g/mol. The van der Waals surface area contributed by atoms with E-state index in [4.69, 9.17) is 0 Å². The van der Waals surface area contributed by atoms with Crippen LogP contribution >= 0.6 is 24.8 Å². The Morgan fingerprint density at radius 3 is 1.92 bits per heavy atom. The zero-order valence-corrected chi connectivity index (χ0v) is 46.7. The van der Waals surface area contributed by atoms with Crippen molar-refractivity contribution < 1.29 is 43.3 Å². The summed E-state index contributed by atoms with van der Waals surface area (Å²) >= 11 is 0. The van der Waals surface area contributed by atoms with Crippen molar-refractivity contribution in [2.45, 2.75) is 169 Å². The summed E-state index contributed by atoms with van der Waals surface area (Å²) in [6.45, 7) is 17.9. The van der Waals surface area contributed by atoms with Gasteiger partial charge in [-0.25, -0.2) is 0 Å². The summed E-state index contributed by atoms with van der Waals surface area (Å²) in [5, 5.41) is 32.4. The van der Waals surface area contributed by atoms with Crippen molar-refractivity contribution in [2.24, 2.45) is 23.2 Å². The minimum Gasteiger partial charge on any atom is -0.352 e. The van der Waals surface area contributed by atoms with Crippen molar-refractivity contribution in [1.82, 2.24) is 42.1 Å². The molecule has 6 amide bonds. The van der Waals surface area contributed by atoms with Crippen LogP contribution in [0.1, 0.15) is 152 Å². The van der Waals surface area contributed by atoms with Crippen molar-refractivity contribution in [1.29, 1.82) is 0 Å². The number of benzene rings is 2. The van der Waals surface area contributed by atoms with Crippen LogP contribution in [0.15, 0.2) is 42.5 Å². The Morgan fingerprint density at radius 1 is 0.757 bits per heavy atom. The second kappa shape index (κ2) is 29.0. The molecule has 1 aliphatic carbocycles. The van der Waals surface area contributed by atoms with Gasteiger partial charge in [-0.15, -0.1) is 24.8 Å². The molecular weight excluding hydrogens is 994 g/mol. The largest absolute Gasteiger partial charge is 0.352 e. The normalized spacial score (nSPS) is 18.7. The highest BCUT2D eigenvalue weighted by molar-refractivity contribution is 6.03. The topological polar surface area (TPSA) is 267 Å². The molecule has 0 aromatic heterocycles. The SMILES string of the molecule is CN[C@@H](C)C(=O)N[C@H](C(=O)N[C@@H](CCCC(=O)c1cc(C(=O)C[C@H]2C[C@@H](C(=O)N[C@@H]3CCCc4ccccc43)N(C(=O)[C@@H](NC(=O)[C@H](C)NC)C(C)(C)C)C2)cc([N+](=O)[O-])c1)C(=O)N[C@H](C)C(C)C)C(C)C.Cl.Cl. The fourth-order valence-corrected chi connectivity index (χ4v) is 8.94. The third-order valence-electron chi connectivity index (χ3n) is 14.1. The molecule has 1 aliphatic heterocycles. The lowest BCUT2D eigenvalue weighted by molar-refractivity contribution is -0.384. The van der Waals surface area contributed by atoms with Gasteiger partial charge in [0, 0.05) is 48.7 Å². The minimum absolute atomic E-state index is 0. The molecule has 7 N–H and O–H groups in total. The number of hydrogen-bond acceptors (Lipinski definition) is 12. The number of likely N-dealkylation sites (N-methyl/N-ethyl adjacent to an activating group) is 2. The maximum atomic E-state index is 14.7. The number of fused-ring (bicyclic) bond motifs is 1. The van der Waals surface area contributed by atoms with Gasteiger partial charge in [0.1, 0.15) is 24.2 Å². The zero-order chi connectivity index (χ0) is 53.8. The van der Waals surface area contributed by atoms with Crippen molar-refractivity contribution in [2.75, 3.05) is 20.6 Å². The van der Waals surface area contributed by atoms with E-state index in [1.54, 1.807) is 41.8 Å². The molecule has 4 rings (SSSR count). The molecule has 74 heavy (non-hydrogen) atoms. The predicted molar refractivity (Wildman–Crippen MR) is 288 cm³/mol. The van der Waals surface area contributed by atoms with Crippen molar-refractivity contribution in [3.8, 4) is 0 Å². The molecule has 2 aromatic rings. The van der Waals surface area contributed by atoms with Crippen LogP contribution < -0.4 is 37.2 Å². The average Bonchev–Trinajstić information content (AvgIpc) is 3.76. The van der Waals surface area contributed by atoms with E-state index < -0.39 is 105 Å². The standard InChI is InChI=1S/C53H79N9O10.2ClH/c1-29(2)31(5)56-49(67)41(58-51(69)45(30(3)4)59-47(65)32(6)54-11)21-16-22-43(63)36-25-37(27-38(26-36)62(71)72)44(64)24-34-23-42(50(68)57-40-20-15-18-35-17-13-14-19-39(35)40)61(28-34)52(70)46(53(8,9)10)60-48(66)33(7)55-12;;/h13-14,17,19,25-27,29-34,40-42,45-46,54-55H,15-16,18,20-24,28H2,1-12H3,(H,56,67)(H,57,68)(H,58,69)(H,59,65)(H,60,66);2*1H/t31-,32+,33+,34-,40-,41+,42+,45+,46-;;/m1../s1. The first-order chi connectivity index (χ1) is 33.8. The fraction of sp³-hybridized carbons (Fsp3) is 0.623. The third-order valence-corrected chi connectivity index (χ3v) is 14.1. The van der Waals surface area contributed by atoms with E-state index in [1.165, 1.54) is 11.0 Å². The molecule has 0 saturated carbocycles. The zero-order valence-electron chi connectivity index (χ0n) is 45.0. The molecule has 2 aliphatic rings. The molecule has 1 heterocycles. The quantitative estimate of drug-likeness (QED) is 0.0401. The van der Waals surface area contributed by atoms with E-state index in [9.17, 15) is 48.5 Å². The fourth-order valence-electron chi connectivity index (χ4n) is 8.94. The average molecular weight is 1080 g/mol. The Hall–Kier alpha value is -5.50. The number of halogens is 2. The van der Waals surface area contributed by atoms with Crippen LogP contribution in [0.5, 0.6) is 0 Å². The molecule has 412 valence electrons. The van der Waals surface area contributed by atoms with E-state index in [2.05, 4.69) is 37.2 Å². The van der Waals surface area contributed by atoms with Crippen molar-refractivity contribution in [3.63, 3.8) is 0 Å². The molecule has 1 fully saturated rings. The van der Waals surface area contributed by atoms with Gasteiger partial charge in [0.05, 0.1) is 23.0 Å². The number of aryl methyl sites for hydroxylation is 1. The molecule has 0 bridgehead atoms. The summed E-state index contributed by atoms with van der Waals surface area (Å²) in [5.41, 5.74) is 0.671. The van der Waals surface area contributed by atoms with Crippen LogP contribution in [0.3, 0.4) is 0 Å². The number of nitro groups is 1. The Labute approximate surface area is 448 Å². The maximum absolute atomic E-state index is 14.7. The summed E-state index contributed by atoms with van der Waals surface area (Å²) in [4.78, 5) is 123. The van der Waals surface area contributed by atoms with Crippen LogP contribution in [-0.4, -0.2) is 120 Å². The number of amides is 6. The molecule has 19 nitrogen and oxygen atoms in total. The number of carbonyl (C=O) groups is 8.